The van der Waals surface area contributed by atoms with Gasteiger partial charge in [0, 0.05) is 23.1 Å². The number of carbonyl (C=O) groups is 3. The maximum atomic E-state index is 12.3. The zero-order chi connectivity index (χ0) is 20.3. The molecule has 1 atom stereocenters. The number of para-hydroxylation sites is 1. The van der Waals surface area contributed by atoms with Crippen LogP contribution in [-0.4, -0.2) is 30.9 Å². The Kier molecular flexibility index (Phi) is 6.36. The Morgan fingerprint density at radius 3 is 2.75 bits per heavy atom. The lowest BCUT2D eigenvalue weighted by Gasteiger charge is -2.17. The number of benzene rings is 2. The number of nitrogens with one attached hydrogen (secondary N) is 1. The Balaban J connectivity index is 1.54. The van der Waals surface area contributed by atoms with Crippen LogP contribution in [0.5, 0.6) is 0 Å². The van der Waals surface area contributed by atoms with Crippen molar-refractivity contribution in [2.45, 2.75) is 13.3 Å². The van der Waals surface area contributed by atoms with Gasteiger partial charge >= 0.3 is 5.97 Å². The van der Waals surface area contributed by atoms with Crippen molar-refractivity contribution in [1.82, 2.24) is 0 Å². The van der Waals surface area contributed by atoms with E-state index in [-0.39, 0.29) is 18.9 Å². The lowest BCUT2D eigenvalue weighted by molar-refractivity contribution is -0.151. The van der Waals surface area contributed by atoms with Gasteiger partial charge in [0.15, 0.2) is 6.61 Å². The van der Waals surface area contributed by atoms with Gasteiger partial charge in [-0.25, -0.2) is 0 Å². The van der Waals surface area contributed by atoms with Crippen LogP contribution in [0.3, 0.4) is 0 Å². The van der Waals surface area contributed by atoms with E-state index in [4.69, 9.17) is 16.3 Å². The van der Waals surface area contributed by atoms with Gasteiger partial charge in [-0.2, -0.15) is 0 Å². The molecule has 0 spiro atoms. The number of ether oxygens (including phenoxy) is 1. The van der Waals surface area contributed by atoms with Gasteiger partial charge in [0.2, 0.25) is 5.91 Å². The smallest absolute Gasteiger partial charge is 0.311 e. The second-order valence-corrected chi connectivity index (χ2v) is 7.74. The monoisotopic (exact) mass is 464 g/mol. The molecule has 146 valence electrons. The van der Waals surface area contributed by atoms with Crippen LogP contribution >= 0.6 is 27.5 Å². The average molecular weight is 466 g/mol. The Bertz CT molecular complexity index is 934. The van der Waals surface area contributed by atoms with Crippen LogP contribution in [0.4, 0.5) is 11.4 Å². The maximum Gasteiger partial charge on any atom is 0.311 e. The normalized spacial score (nSPS) is 16.2. The zero-order valence-corrected chi connectivity index (χ0v) is 17.4. The van der Waals surface area contributed by atoms with Gasteiger partial charge in [0.1, 0.15) is 0 Å². The van der Waals surface area contributed by atoms with Crippen LogP contribution in [0.25, 0.3) is 0 Å². The van der Waals surface area contributed by atoms with E-state index in [1.54, 1.807) is 36.4 Å². The second-order valence-electron chi connectivity index (χ2n) is 6.48. The highest BCUT2D eigenvalue weighted by atomic mass is 79.9. The first-order chi connectivity index (χ1) is 13.3. The lowest BCUT2D eigenvalue weighted by Crippen LogP contribution is -2.28. The van der Waals surface area contributed by atoms with Gasteiger partial charge in [-0.1, -0.05) is 39.7 Å². The molecule has 1 heterocycles. The van der Waals surface area contributed by atoms with Crippen LogP contribution < -0.4 is 10.2 Å². The third-order valence-electron chi connectivity index (χ3n) is 4.39. The molecule has 0 bridgehead atoms. The Labute approximate surface area is 175 Å². The van der Waals surface area contributed by atoms with Crippen molar-refractivity contribution in [3.05, 3.63) is 57.5 Å². The van der Waals surface area contributed by atoms with Crippen molar-refractivity contribution in [3.63, 3.8) is 0 Å². The van der Waals surface area contributed by atoms with Gasteiger partial charge in [-0.3, -0.25) is 14.4 Å². The fourth-order valence-electron chi connectivity index (χ4n) is 2.94. The summed E-state index contributed by atoms with van der Waals surface area (Å²) < 4.78 is 6.04. The number of halogens is 2. The van der Waals surface area contributed by atoms with Crippen LogP contribution in [0.1, 0.15) is 12.0 Å². The lowest BCUT2D eigenvalue weighted by atomic mass is 10.1. The predicted molar refractivity (Wildman–Crippen MR) is 110 cm³/mol. The molecule has 1 aliphatic heterocycles. The highest BCUT2D eigenvalue weighted by Crippen LogP contribution is 2.31. The summed E-state index contributed by atoms with van der Waals surface area (Å²) in [7, 11) is 0. The number of anilines is 2. The molecule has 2 aromatic rings. The molecule has 1 N–H and O–H groups in total. The molecule has 0 radical (unpaired) electrons. The number of aryl methyl sites for hydroxylation is 1. The molecule has 1 fully saturated rings. The molecule has 8 heteroatoms. The van der Waals surface area contributed by atoms with Gasteiger partial charge in [0.25, 0.3) is 5.91 Å². The molecule has 2 amide bonds. The minimum Gasteiger partial charge on any atom is -0.455 e. The molecule has 0 aromatic heterocycles. The third kappa shape index (κ3) is 4.72. The Morgan fingerprint density at radius 1 is 1.29 bits per heavy atom. The van der Waals surface area contributed by atoms with Crippen LogP contribution in [-0.2, 0) is 19.1 Å². The summed E-state index contributed by atoms with van der Waals surface area (Å²) in [5.41, 5.74) is 2.15. The molecular formula is C20H18BrClN2O4. The van der Waals surface area contributed by atoms with Gasteiger partial charge in [0.05, 0.1) is 16.6 Å². The predicted octanol–water partition coefficient (Wildman–Crippen LogP) is 3.95. The van der Waals surface area contributed by atoms with E-state index in [2.05, 4.69) is 21.2 Å². The number of rotatable bonds is 5. The fourth-order valence-corrected chi connectivity index (χ4v) is 3.43. The number of amides is 2. The van der Waals surface area contributed by atoms with Gasteiger partial charge in [-0.05, 0) is 42.8 Å². The summed E-state index contributed by atoms with van der Waals surface area (Å²) in [5.74, 6) is -1.86. The van der Waals surface area contributed by atoms with E-state index in [1.807, 2.05) is 13.0 Å². The summed E-state index contributed by atoms with van der Waals surface area (Å²) in [6.07, 6.45) is 0.0254. The van der Waals surface area contributed by atoms with Gasteiger partial charge in [-0.15, -0.1) is 0 Å². The molecular weight excluding hydrogens is 448 g/mol. The van der Waals surface area contributed by atoms with E-state index >= 15 is 0 Å². The van der Waals surface area contributed by atoms with Crippen molar-refractivity contribution in [2.75, 3.05) is 23.4 Å². The second kappa shape index (κ2) is 8.75. The van der Waals surface area contributed by atoms with Crippen molar-refractivity contribution < 1.29 is 19.1 Å². The minimum absolute atomic E-state index is 0.0254. The molecule has 0 aliphatic carbocycles. The average Bonchev–Trinajstić information content (AvgIpc) is 3.05. The number of esters is 1. The van der Waals surface area contributed by atoms with Crippen molar-refractivity contribution >= 4 is 56.7 Å². The van der Waals surface area contributed by atoms with Crippen LogP contribution in [0.2, 0.25) is 5.02 Å². The molecule has 0 unspecified atom stereocenters. The van der Waals surface area contributed by atoms with E-state index in [0.29, 0.717) is 16.4 Å². The fraction of sp³-hybridized carbons (Fsp3) is 0.250. The van der Waals surface area contributed by atoms with Crippen LogP contribution in [0.15, 0.2) is 46.9 Å². The Hall–Kier alpha value is -2.38. The summed E-state index contributed by atoms with van der Waals surface area (Å²) in [4.78, 5) is 38.0. The highest BCUT2D eigenvalue weighted by molar-refractivity contribution is 9.10. The zero-order valence-electron chi connectivity index (χ0n) is 15.1. The van der Waals surface area contributed by atoms with Crippen molar-refractivity contribution in [1.29, 1.82) is 0 Å². The van der Waals surface area contributed by atoms with E-state index < -0.39 is 24.4 Å². The quantitative estimate of drug-likeness (QED) is 0.679. The third-order valence-corrected chi connectivity index (χ3v) is 5.60. The van der Waals surface area contributed by atoms with E-state index in [9.17, 15) is 14.4 Å². The van der Waals surface area contributed by atoms with E-state index in [1.165, 1.54) is 4.90 Å². The van der Waals surface area contributed by atoms with Gasteiger partial charge < -0.3 is 15.0 Å². The van der Waals surface area contributed by atoms with Crippen LogP contribution in [0, 0.1) is 12.8 Å². The number of carbonyl (C=O) groups excluding carboxylic acids is 3. The standard InChI is InChI=1S/C20H18BrClN2O4/c1-12-8-14(6-7-15(12)21)23-18(25)11-28-20(27)13-9-19(26)24(10-13)17-5-3-2-4-16(17)22/h2-8,13H,9-11H2,1H3,(H,23,25)/t13-/m0/s1. The summed E-state index contributed by atoms with van der Waals surface area (Å²) in [6, 6.07) is 12.3. The maximum absolute atomic E-state index is 12.3. The first-order valence-corrected chi connectivity index (χ1v) is 9.80. The summed E-state index contributed by atoms with van der Waals surface area (Å²) in [6.45, 7) is 1.67. The largest absolute Gasteiger partial charge is 0.455 e. The number of nitrogens with zero attached hydrogens (tertiary/aromatic N) is 1. The van der Waals surface area contributed by atoms with E-state index in [0.717, 1.165) is 10.0 Å². The SMILES string of the molecule is Cc1cc(NC(=O)COC(=O)[C@H]2CC(=O)N(c3ccccc3Cl)C2)ccc1Br. The molecule has 2 aromatic carbocycles. The minimum atomic E-state index is -0.633. The number of hydrogen-bond acceptors (Lipinski definition) is 4. The molecule has 6 nitrogen and oxygen atoms in total. The van der Waals surface area contributed by atoms with Crippen molar-refractivity contribution in [2.24, 2.45) is 5.92 Å². The molecule has 3 rings (SSSR count). The first kappa shape index (κ1) is 20.4. The number of hydrogen-bond donors (Lipinski definition) is 1. The summed E-state index contributed by atoms with van der Waals surface area (Å²) in [5, 5.41) is 3.11. The molecule has 0 saturated carbocycles. The molecule has 1 saturated heterocycles. The molecule has 1 aliphatic rings. The Morgan fingerprint density at radius 2 is 2.04 bits per heavy atom. The first-order valence-electron chi connectivity index (χ1n) is 8.62. The van der Waals surface area contributed by atoms with Crippen molar-refractivity contribution in [3.8, 4) is 0 Å². The molecule has 28 heavy (non-hydrogen) atoms. The topological polar surface area (TPSA) is 75.7 Å². The highest BCUT2D eigenvalue weighted by Gasteiger charge is 2.37. The summed E-state index contributed by atoms with van der Waals surface area (Å²) >= 11 is 9.52.